The van der Waals surface area contributed by atoms with Crippen LogP contribution >= 0.6 is 11.6 Å². The number of carbonyl (C=O) groups is 1. The van der Waals surface area contributed by atoms with Gasteiger partial charge in [0.2, 0.25) is 0 Å². The van der Waals surface area contributed by atoms with Crippen molar-refractivity contribution in [2.75, 3.05) is 6.54 Å². The predicted molar refractivity (Wildman–Crippen MR) is 77.1 cm³/mol. The Bertz CT molecular complexity index is 533. The summed E-state index contributed by atoms with van der Waals surface area (Å²) in [6, 6.07) is 4.42. The molecule has 1 amide bonds. The second-order valence-electron chi connectivity index (χ2n) is 4.98. The fraction of sp³-hybridized carbons (Fsp3) is 0.500. The van der Waals surface area contributed by atoms with Crippen LogP contribution < -0.4 is 0 Å². The molecule has 1 aromatic rings. The first-order valence-electron chi connectivity index (χ1n) is 6.79. The number of benzene rings is 1. The number of hydrogen-bond donors (Lipinski definition) is 0. The molecular weight excluding hydrogens is 280 g/mol. The Morgan fingerprint density at radius 1 is 1.50 bits per heavy atom. The molecule has 0 bridgehead atoms. The molecule has 1 unspecified atom stereocenters. The highest BCUT2D eigenvalue weighted by Crippen LogP contribution is 2.27. The van der Waals surface area contributed by atoms with E-state index in [1.54, 1.807) is 0 Å². The second-order valence-corrected chi connectivity index (χ2v) is 5.39. The van der Waals surface area contributed by atoms with Gasteiger partial charge in [-0.2, -0.15) is 0 Å². The second kappa shape index (κ2) is 6.22. The van der Waals surface area contributed by atoms with E-state index in [0.29, 0.717) is 5.56 Å². The highest BCUT2D eigenvalue weighted by Gasteiger charge is 2.27. The van der Waals surface area contributed by atoms with Crippen molar-refractivity contribution in [1.29, 1.82) is 0 Å². The smallest absolute Gasteiger partial charge is 0.287 e. The highest BCUT2D eigenvalue weighted by atomic mass is 35.5. The maximum absolute atomic E-state index is 12.5. The number of piperidine rings is 1. The summed E-state index contributed by atoms with van der Waals surface area (Å²) in [5.74, 6) is -0.0895. The largest absolute Gasteiger partial charge is 0.336 e. The Kier molecular flexibility index (Phi) is 4.60. The van der Waals surface area contributed by atoms with Gasteiger partial charge < -0.3 is 4.90 Å². The van der Waals surface area contributed by atoms with E-state index in [4.69, 9.17) is 11.6 Å². The summed E-state index contributed by atoms with van der Waals surface area (Å²) in [5.41, 5.74) is 0.245. The number of carbonyl (C=O) groups excluding carboxylic acids is 1. The third-order valence-electron chi connectivity index (χ3n) is 3.75. The molecule has 1 aliphatic rings. The van der Waals surface area contributed by atoms with Crippen LogP contribution in [0.25, 0.3) is 0 Å². The number of likely N-dealkylation sites (tertiary alicyclic amines) is 1. The molecule has 0 spiro atoms. The number of halogens is 1. The molecule has 0 aromatic heterocycles. The molecule has 1 saturated heterocycles. The fourth-order valence-corrected chi connectivity index (χ4v) is 2.90. The number of nitro benzene ring substituents is 1. The Balaban J connectivity index is 2.24. The number of amides is 1. The predicted octanol–water partition coefficient (Wildman–Crippen LogP) is 3.65. The van der Waals surface area contributed by atoms with Crippen LogP contribution in [0.2, 0.25) is 5.02 Å². The van der Waals surface area contributed by atoms with E-state index in [9.17, 15) is 14.9 Å². The third-order valence-corrected chi connectivity index (χ3v) is 4.05. The first kappa shape index (κ1) is 14.8. The van der Waals surface area contributed by atoms with Crippen molar-refractivity contribution in [2.45, 2.75) is 38.6 Å². The van der Waals surface area contributed by atoms with Gasteiger partial charge in [0.25, 0.3) is 11.6 Å². The topological polar surface area (TPSA) is 63.5 Å². The number of nitro groups is 1. The normalized spacial score (nSPS) is 18.9. The van der Waals surface area contributed by atoms with Crippen molar-refractivity contribution in [3.63, 3.8) is 0 Å². The molecule has 1 aliphatic heterocycles. The van der Waals surface area contributed by atoms with Crippen LogP contribution in [0.15, 0.2) is 18.2 Å². The summed E-state index contributed by atoms with van der Waals surface area (Å²) in [4.78, 5) is 24.5. The highest BCUT2D eigenvalue weighted by molar-refractivity contribution is 6.33. The SMILES string of the molecule is CCC1CCCCN1C(=O)c1ccc([N+](=O)[O-])c(Cl)c1. The summed E-state index contributed by atoms with van der Waals surface area (Å²) in [7, 11) is 0. The molecule has 108 valence electrons. The van der Waals surface area contributed by atoms with Gasteiger partial charge in [-0.1, -0.05) is 18.5 Å². The lowest BCUT2D eigenvalue weighted by Gasteiger charge is -2.35. The van der Waals surface area contributed by atoms with Crippen LogP contribution in [-0.4, -0.2) is 28.3 Å². The summed E-state index contributed by atoms with van der Waals surface area (Å²) in [6.07, 6.45) is 4.08. The van der Waals surface area contributed by atoms with E-state index in [0.717, 1.165) is 32.2 Å². The lowest BCUT2D eigenvalue weighted by molar-refractivity contribution is -0.384. The fourth-order valence-electron chi connectivity index (χ4n) is 2.65. The van der Waals surface area contributed by atoms with Crippen molar-refractivity contribution in [1.82, 2.24) is 4.90 Å². The van der Waals surface area contributed by atoms with Gasteiger partial charge in [0.15, 0.2) is 0 Å². The standard InChI is InChI=1S/C14H17ClN2O3/c1-2-11-5-3-4-8-16(11)14(18)10-6-7-13(17(19)20)12(15)9-10/h6-7,9,11H,2-5,8H2,1H3. The van der Waals surface area contributed by atoms with Crippen LogP contribution in [0.3, 0.4) is 0 Å². The van der Waals surface area contributed by atoms with Gasteiger partial charge in [0.05, 0.1) is 4.92 Å². The van der Waals surface area contributed by atoms with Crippen molar-refractivity contribution in [3.05, 3.63) is 38.9 Å². The van der Waals surface area contributed by atoms with Crippen molar-refractivity contribution < 1.29 is 9.72 Å². The summed E-state index contributed by atoms with van der Waals surface area (Å²) < 4.78 is 0. The Hall–Kier alpha value is -1.62. The molecular formula is C14H17ClN2O3. The molecule has 0 radical (unpaired) electrons. The average Bonchev–Trinajstić information content (AvgIpc) is 2.45. The van der Waals surface area contributed by atoms with Gasteiger partial charge in [-0.3, -0.25) is 14.9 Å². The molecule has 1 heterocycles. The Morgan fingerprint density at radius 3 is 2.85 bits per heavy atom. The zero-order chi connectivity index (χ0) is 14.7. The minimum absolute atomic E-state index is 0.00547. The quantitative estimate of drug-likeness (QED) is 0.631. The van der Waals surface area contributed by atoms with Crippen LogP contribution in [0.1, 0.15) is 43.0 Å². The monoisotopic (exact) mass is 296 g/mol. The Labute approximate surface area is 122 Å². The minimum atomic E-state index is -0.549. The van der Waals surface area contributed by atoms with E-state index in [1.165, 1.54) is 18.2 Å². The zero-order valence-corrected chi connectivity index (χ0v) is 12.1. The van der Waals surface area contributed by atoms with Crippen molar-refractivity contribution in [3.8, 4) is 0 Å². The molecule has 0 saturated carbocycles. The van der Waals surface area contributed by atoms with E-state index < -0.39 is 4.92 Å². The lowest BCUT2D eigenvalue weighted by Crippen LogP contribution is -2.43. The van der Waals surface area contributed by atoms with Gasteiger partial charge >= 0.3 is 0 Å². The van der Waals surface area contributed by atoms with Gasteiger partial charge in [0.1, 0.15) is 5.02 Å². The van der Waals surface area contributed by atoms with Crippen LogP contribution in [0.4, 0.5) is 5.69 Å². The average molecular weight is 297 g/mol. The van der Waals surface area contributed by atoms with Crippen LogP contribution in [0.5, 0.6) is 0 Å². The van der Waals surface area contributed by atoms with Gasteiger partial charge in [-0.25, -0.2) is 0 Å². The van der Waals surface area contributed by atoms with Crippen molar-refractivity contribution in [2.24, 2.45) is 0 Å². The van der Waals surface area contributed by atoms with Crippen molar-refractivity contribution >= 4 is 23.2 Å². The molecule has 0 N–H and O–H groups in total. The van der Waals surface area contributed by atoms with E-state index in [2.05, 4.69) is 6.92 Å². The summed E-state index contributed by atoms with van der Waals surface area (Å²) in [6.45, 7) is 2.81. The van der Waals surface area contributed by atoms with Gasteiger partial charge in [-0.15, -0.1) is 0 Å². The van der Waals surface area contributed by atoms with E-state index in [1.807, 2.05) is 4.90 Å². The van der Waals surface area contributed by atoms with E-state index >= 15 is 0 Å². The number of hydrogen-bond acceptors (Lipinski definition) is 3. The molecule has 20 heavy (non-hydrogen) atoms. The van der Waals surface area contributed by atoms with Crippen LogP contribution in [-0.2, 0) is 0 Å². The molecule has 1 atom stereocenters. The van der Waals surface area contributed by atoms with Gasteiger partial charge in [0, 0.05) is 24.2 Å². The van der Waals surface area contributed by atoms with Gasteiger partial charge in [-0.05, 0) is 37.8 Å². The third kappa shape index (κ3) is 2.93. The van der Waals surface area contributed by atoms with Crippen LogP contribution in [0, 0.1) is 10.1 Å². The number of rotatable bonds is 3. The summed E-state index contributed by atoms with van der Waals surface area (Å²) in [5, 5.41) is 10.7. The molecule has 2 rings (SSSR count). The first-order valence-corrected chi connectivity index (χ1v) is 7.17. The minimum Gasteiger partial charge on any atom is -0.336 e. The molecule has 1 fully saturated rings. The number of nitrogens with zero attached hydrogens (tertiary/aromatic N) is 2. The molecule has 0 aliphatic carbocycles. The maximum Gasteiger partial charge on any atom is 0.287 e. The molecule has 5 nitrogen and oxygen atoms in total. The first-order chi connectivity index (χ1) is 9.54. The lowest BCUT2D eigenvalue weighted by atomic mass is 9.99. The molecule has 1 aromatic carbocycles. The maximum atomic E-state index is 12.5. The van der Waals surface area contributed by atoms with E-state index in [-0.39, 0.29) is 22.7 Å². The zero-order valence-electron chi connectivity index (χ0n) is 11.3. The summed E-state index contributed by atoms with van der Waals surface area (Å²) >= 11 is 5.87. The Morgan fingerprint density at radius 2 is 2.25 bits per heavy atom. The molecule has 6 heteroatoms.